The van der Waals surface area contributed by atoms with E-state index in [0.29, 0.717) is 0 Å². The van der Waals surface area contributed by atoms with Crippen molar-refractivity contribution in [2.24, 2.45) is 0 Å². The van der Waals surface area contributed by atoms with Gasteiger partial charge in [-0.3, -0.25) is 6.08 Å². The third-order valence-electron chi connectivity index (χ3n) is 1.31. The molecule has 0 nitrogen and oxygen atoms in total. The van der Waals surface area contributed by atoms with Gasteiger partial charge in [0.2, 0.25) is 0 Å². The fourth-order valence-electron chi connectivity index (χ4n) is 0.902. The predicted molar refractivity (Wildman–Crippen MR) is 35.4 cm³/mol. The normalized spacial score (nSPS) is 12.3. The molecule has 0 saturated heterocycles. The number of halogens is 2. The standard InChI is InChI=1S/C8H11.2ClH.Hf/c1-2-5-8-6-3-4-7-8;;;/h6-7H,2-3,5H2,1H3;2*1H;/q-1;;;/p-2. The SMILES string of the molecule is CCCC1=CC[C-]=C1.[Cl-].[Cl-].[Hf]. The van der Waals surface area contributed by atoms with Crippen LogP contribution >= 0.6 is 0 Å². The second-order valence-electron chi connectivity index (χ2n) is 2.08. The van der Waals surface area contributed by atoms with Gasteiger partial charge in [0, 0.05) is 25.8 Å². The van der Waals surface area contributed by atoms with Gasteiger partial charge in [-0.1, -0.05) is 19.8 Å². The molecular weight excluding hydrogens is 345 g/mol. The quantitative estimate of drug-likeness (QED) is 0.356. The van der Waals surface area contributed by atoms with Crippen LogP contribution in [0.3, 0.4) is 0 Å². The van der Waals surface area contributed by atoms with E-state index < -0.39 is 0 Å². The van der Waals surface area contributed by atoms with E-state index in [2.05, 4.69) is 25.2 Å². The first-order chi connectivity index (χ1) is 3.93. The average molecular weight is 357 g/mol. The van der Waals surface area contributed by atoms with Gasteiger partial charge in [0.05, 0.1) is 0 Å². The molecular formula is C8H11Cl2Hf-3. The summed E-state index contributed by atoms with van der Waals surface area (Å²) in [5.74, 6) is 0. The van der Waals surface area contributed by atoms with E-state index in [9.17, 15) is 0 Å². The fourth-order valence-corrected chi connectivity index (χ4v) is 0.902. The first-order valence-electron chi connectivity index (χ1n) is 3.19. The predicted octanol–water partition coefficient (Wildman–Crippen LogP) is -3.52. The molecule has 3 heteroatoms. The molecule has 0 aromatic rings. The molecule has 64 valence electrons. The largest absolute Gasteiger partial charge is 1.00 e. The van der Waals surface area contributed by atoms with Gasteiger partial charge < -0.3 is 24.8 Å². The van der Waals surface area contributed by atoms with Gasteiger partial charge in [0.25, 0.3) is 0 Å². The van der Waals surface area contributed by atoms with Crippen LogP contribution in [0.25, 0.3) is 0 Å². The topological polar surface area (TPSA) is 0 Å². The minimum absolute atomic E-state index is 0. The molecule has 11 heavy (non-hydrogen) atoms. The summed E-state index contributed by atoms with van der Waals surface area (Å²) in [6.07, 6.45) is 11.0. The Hall–Kier alpha value is 0.930. The molecule has 0 spiro atoms. The van der Waals surface area contributed by atoms with Crippen LogP contribution in [0.1, 0.15) is 26.2 Å². The number of hydrogen-bond acceptors (Lipinski definition) is 0. The molecule has 0 aromatic heterocycles. The van der Waals surface area contributed by atoms with Crippen molar-refractivity contribution in [2.75, 3.05) is 0 Å². The minimum atomic E-state index is 0. The second kappa shape index (κ2) is 10.9. The van der Waals surface area contributed by atoms with Crippen molar-refractivity contribution in [1.82, 2.24) is 0 Å². The van der Waals surface area contributed by atoms with E-state index in [-0.39, 0.29) is 50.7 Å². The van der Waals surface area contributed by atoms with Crippen LogP contribution in [0.2, 0.25) is 0 Å². The molecule has 0 bridgehead atoms. The first kappa shape index (κ1) is 17.9. The molecule has 1 rings (SSSR count). The van der Waals surface area contributed by atoms with Crippen molar-refractivity contribution < 1.29 is 50.7 Å². The fraction of sp³-hybridized carbons (Fsp3) is 0.500. The zero-order valence-corrected chi connectivity index (χ0v) is 11.6. The second-order valence-corrected chi connectivity index (χ2v) is 2.08. The van der Waals surface area contributed by atoms with Gasteiger partial charge in [-0.05, 0) is 0 Å². The monoisotopic (exact) mass is 357 g/mol. The van der Waals surface area contributed by atoms with Gasteiger partial charge in [0.1, 0.15) is 0 Å². The van der Waals surface area contributed by atoms with E-state index >= 15 is 0 Å². The summed E-state index contributed by atoms with van der Waals surface area (Å²) in [4.78, 5) is 0. The van der Waals surface area contributed by atoms with Gasteiger partial charge in [-0.2, -0.15) is 6.08 Å². The van der Waals surface area contributed by atoms with Crippen molar-refractivity contribution >= 4 is 0 Å². The molecule has 0 aliphatic heterocycles. The van der Waals surface area contributed by atoms with E-state index in [1.165, 1.54) is 18.4 Å². The van der Waals surface area contributed by atoms with Crippen LogP contribution in [-0.4, -0.2) is 0 Å². The van der Waals surface area contributed by atoms with Crippen molar-refractivity contribution in [2.45, 2.75) is 26.2 Å². The van der Waals surface area contributed by atoms with Crippen molar-refractivity contribution in [3.8, 4) is 0 Å². The maximum atomic E-state index is 3.14. The van der Waals surface area contributed by atoms with E-state index in [1.54, 1.807) is 0 Å². The Balaban J connectivity index is -0.000000213. The summed E-state index contributed by atoms with van der Waals surface area (Å²) in [6.45, 7) is 2.20. The van der Waals surface area contributed by atoms with Crippen LogP contribution in [-0.2, 0) is 25.8 Å². The number of rotatable bonds is 2. The maximum Gasteiger partial charge on any atom is 0 e. The Morgan fingerprint density at radius 2 is 2.09 bits per heavy atom. The molecule has 0 N–H and O–H groups in total. The summed E-state index contributed by atoms with van der Waals surface area (Å²) < 4.78 is 0. The summed E-state index contributed by atoms with van der Waals surface area (Å²) >= 11 is 0. The summed E-state index contributed by atoms with van der Waals surface area (Å²) in [6, 6.07) is 0. The first-order valence-corrected chi connectivity index (χ1v) is 3.19. The van der Waals surface area contributed by atoms with Crippen LogP contribution in [0.5, 0.6) is 0 Å². The number of allylic oxidation sites excluding steroid dienone is 4. The molecule has 0 fully saturated rings. The van der Waals surface area contributed by atoms with Crippen molar-refractivity contribution in [3.63, 3.8) is 0 Å². The van der Waals surface area contributed by atoms with E-state index in [0.717, 1.165) is 6.42 Å². The van der Waals surface area contributed by atoms with Crippen LogP contribution in [0.4, 0.5) is 0 Å². The van der Waals surface area contributed by atoms with Gasteiger partial charge >= 0.3 is 0 Å². The molecule has 0 unspecified atom stereocenters. The van der Waals surface area contributed by atoms with E-state index in [1.807, 2.05) is 0 Å². The molecule has 1 aliphatic rings. The summed E-state index contributed by atoms with van der Waals surface area (Å²) in [5, 5.41) is 0. The summed E-state index contributed by atoms with van der Waals surface area (Å²) in [7, 11) is 0. The molecule has 0 heterocycles. The third kappa shape index (κ3) is 7.30. The molecule has 0 amide bonds. The maximum absolute atomic E-state index is 3.14. The zero-order valence-electron chi connectivity index (χ0n) is 6.53. The van der Waals surface area contributed by atoms with Crippen LogP contribution in [0.15, 0.2) is 17.7 Å². The Morgan fingerprint density at radius 1 is 1.45 bits per heavy atom. The van der Waals surface area contributed by atoms with Crippen molar-refractivity contribution in [3.05, 3.63) is 23.8 Å². The third-order valence-corrected chi connectivity index (χ3v) is 1.31. The Morgan fingerprint density at radius 3 is 2.45 bits per heavy atom. The number of hydrogen-bond donors (Lipinski definition) is 0. The van der Waals surface area contributed by atoms with Gasteiger partial charge in [0.15, 0.2) is 0 Å². The Bertz CT molecular complexity index is 130. The molecule has 0 saturated carbocycles. The van der Waals surface area contributed by atoms with Gasteiger partial charge in [-0.15, -0.1) is 6.42 Å². The molecule has 1 aliphatic carbocycles. The van der Waals surface area contributed by atoms with Gasteiger partial charge in [-0.25, -0.2) is 11.6 Å². The Labute approximate surface area is 100 Å². The van der Waals surface area contributed by atoms with Crippen LogP contribution < -0.4 is 24.8 Å². The molecule has 0 aromatic carbocycles. The molecule has 0 radical (unpaired) electrons. The molecule has 0 atom stereocenters. The minimum Gasteiger partial charge on any atom is -1.00 e. The average Bonchev–Trinajstić information content (AvgIpc) is 2.19. The van der Waals surface area contributed by atoms with Crippen molar-refractivity contribution in [1.29, 1.82) is 0 Å². The smallest absolute Gasteiger partial charge is 0 e. The van der Waals surface area contributed by atoms with E-state index in [4.69, 9.17) is 0 Å². The van der Waals surface area contributed by atoms with Crippen LogP contribution in [0, 0.1) is 6.08 Å². The Kier molecular flexibility index (Phi) is 17.8. The summed E-state index contributed by atoms with van der Waals surface area (Å²) in [5.41, 5.74) is 1.47. The zero-order chi connectivity index (χ0) is 5.82.